The van der Waals surface area contributed by atoms with Gasteiger partial charge in [0.2, 0.25) is 15.8 Å². The maximum atomic E-state index is 11.5. The van der Waals surface area contributed by atoms with Crippen LogP contribution in [0.3, 0.4) is 0 Å². The molecule has 1 aliphatic rings. The molecular formula is C14H23N2O5S+. The lowest BCUT2D eigenvalue weighted by Gasteiger charge is -2.30. The molecule has 0 bridgehead atoms. The van der Waals surface area contributed by atoms with E-state index in [-0.39, 0.29) is 5.75 Å². The summed E-state index contributed by atoms with van der Waals surface area (Å²) in [4.78, 5) is 1.29. The summed E-state index contributed by atoms with van der Waals surface area (Å²) in [6.07, 6.45) is 1.24. The number of hydrogen-bond donors (Lipinski definition) is 2. The topological polar surface area (TPSA) is 80.5 Å². The Hall–Kier alpha value is -1.51. The van der Waals surface area contributed by atoms with Crippen LogP contribution in [0.25, 0.3) is 0 Å². The van der Waals surface area contributed by atoms with Gasteiger partial charge in [0.05, 0.1) is 46.7 Å². The monoisotopic (exact) mass is 331 g/mol. The van der Waals surface area contributed by atoms with Crippen molar-refractivity contribution in [2.75, 3.05) is 46.7 Å². The van der Waals surface area contributed by atoms with Crippen molar-refractivity contribution in [1.29, 1.82) is 0 Å². The van der Waals surface area contributed by atoms with Gasteiger partial charge in [-0.2, -0.15) is 4.31 Å². The highest BCUT2D eigenvalue weighted by Gasteiger charge is 2.26. The molecule has 22 heavy (non-hydrogen) atoms. The number of phenols is 1. The van der Waals surface area contributed by atoms with Gasteiger partial charge in [0.15, 0.2) is 11.5 Å². The second-order valence-electron chi connectivity index (χ2n) is 5.44. The van der Waals surface area contributed by atoms with Crippen LogP contribution in [0.15, 0.2) is 12.1 Å². The van der Waals surface area contributed by atoms with Crippen molar-refractivity contribution in [3.05, 3.63) is 17.7 Å². The summed E-state index contributed by atoms with van der Waals surface area (Å²) in [5.41, 5.74) is 0.981. The molecule has 0 aliphatic carbocycles. The molecule has 1 saturated heterocycles. The van der Waals surface area contributed by atoms with Crippen LogP contribution in [-0.4, -0.2) is 64.5 Å². The molecule has 0 saturated carbocycles. The number of rotatable bonds is 5. The Morgan fingerprint density at radius 3 is 2.09 bits per heavy atom. The minimum absolute atomic E-state index is 0.00866. The summed E-state index contributed by atoms with van der Waals surface area (Å²) >= 11 is 0. The van der Waals surface area contributed by atoms with E-state index in [9.17, 15) is 13.5 Å². The summed E-state index contributed by atoms with van der Waals surface area (Å²) in [7, 11) is -0.110. The van der Waals surface area contributed by atoms with Gasteiger partial charge in [-0.05, 0) is 12.1 Å². The summed E-state index contributed by atoms with van der Waals surface area (Å²) in [6, 6.07) is 3.57. The standard InChI is InChI=1S/C14H22N2O5S/c1-20-12-8-11(9-13(21-2)14(12)17)10-15-4-6-16(7-5-15)22(3,18)19/h8-9,17H,4-7,10H2,1-3H3/p+1. The summed E-state index contributed by atoms with van der Waals surface area (Å²) < 4.78 is 34.8. The summed E-state index contributed by atoms with van der Waals surface area (Å²) in [6.45, 7) is 3.28. The molecule has 0 amide bonds. The minimum atomic E-state index is -3.10. The number of quaternary nitrogens is 1. The van der Waals surface area contributed by atoms with Gasteiger partial charge >= 0.3 is 0 Å². The van der Waals surface area contributed by atoms with Crippen molar-refractivity contribution in [3.8, 4) is 17.2 Å². The quantitative estimate of drug-likeness (QED) is 0.729. The third-order valence-electron chi connectivity index (χ3n) is 3.89. The molecule has 1 heterocycles. The first-order valence-electron chi connectivity index (χ1n) is 7.07. The highest BCUT2D eigenvalue weighted by Crippen LogP contribution is 2.36. The number of nitrogens with zero attached hydrogens (tertiary/aromatic N) is 1. The van der Waals surface area contributed by atoms with Crippen molar-refractivity contribution in [1.82, 2.24) is 4.31 Å². The first kappa shape index (κ1) is 16.9. The highest BCUT2D eigenvalue weighted by molar-refractivity contribution is 7.88. The number of piperazine rings is 1. The third-order valence-corrected chi connectivity index (χ3v) is 5.20. The van der Waals surface area contributed by atoms with Crippen LogP contribution in [0.4, 0.5) is 0 Å². The number of benzene rings is 1. The van der Waals surface area contributed by atoms with E-state index < -0.39 is 10.0 Å². The Labute approximate surface area is 131 Å². The molecule has 8 heteroatoms. The van der Waals surface area contributed by atoms with Crippen molar-refractivity contribution >= 4 is 10.0 Å². The van der Waals surface area contributed by atoms with Crippen LogP contribution < -0.4 is 14.4 Å². The first-order chi connectivity index (χ1) is 10.3. The van der Waals surface area contributed by atoms with E-state index in [1.54, 1.807) is 12.1 Å². The van der Waals surface area contributed by atoms with E-state index in [1.807, 2.05) is 0 Å². The van der Waals surface area contributed by atoms with Crippen molar-refractivity contribution < 1.29 is 27.9 Å². The van der Waals surface area contributed by atoms with Crippen LogP contribution in [0, 0.1) is 0 Å². The van der Waals surface area contributed by atoms with Crippen molar-refractivity contribution in [3.63, 3.8) is 0 Å². The zero-order chi connectivity index (χ0) is 16.3. The molecule has 1 aromatic carbocycles. The second-order valence-corrected chi connectivity index (χ2v) is 7.42. The van der Waals surface area contributed by atoms with E-state index >= 15 is 0 Å². The largest absolute Gasteiger partial charge is 0.502 e. The van der Waals surface area contributed by atoms with Crippen LogP contribution in [-0.2, 0) is 16.6 Å². The SMILES string of the molecule is COc1cc(C[NH+]2CCN(S(C)(=O)=O)CC2)cc(OC)c1O. The van der Waals surface area contributed by atoms with Crippen molar-refractivity contribution in [2.24, 2.45) is 0 Å². The molecule has 7 nitrogen and oxygen atoms in total. The number of nitrogens with one attached hydrogen (secondary N) is 1. The second kappa shape index (κ2) is 6.72. The van der Waals surface area contributed by atoms with E-state index in [2.05, 4.69) is 0 Å². The molecule has 0 atom stereocenters. The smallest absolute Gasteiger partial charge is 0.211 e. The third kappa shape index (κ3) is 3.82. The van der Waals surface area contributed by atoms with Gasteiger partial charge in [0.1, 0.15) is 6.54 Å². The number of hydrogen-bond acceptors (Lipinski definition) is 5. The fraction of sp³-hybridized carbons (Fsp3) is 0.571. The fourth-order valence-corrected chi connectivity index (χ4v) is 3.50. The minimum Gasteiger partial charge on any atom is -0.502 e. The zero-order valence-corrected chi connectivity index (χ0v) is 13.9. The van der Waals surface area contributed by atoms with Crippen LogP contribution in [0.1, 0.15) is 5.56 Å². The van der Waals surface area contributed by atoms with E-state index in [1.165, 1.54) is 29.7 Å². The van der Waals surface area contributed by atoms with Crippen LogP contribution in [0.5, 0.6) is 17.2 Å². The average Bonchev–Trinajstić information content (AvgIpc) is 2.48. The molecule has 1 aromatic rings. The number of methoxy groups -OCH3 is 2. The molecule has 1 fully saturated rings. The maximum Gasteiger partial charge on any atom is 0.211 e. The molecule has 0 unspecified atom stereocenters. The fourth-order valence-electron chi connectivity index (χ4n) is 2.65. The van der Waals surface area contributed by atoms with Crippen LogP contribution in [0.2, 0.25) is 0 Å². The zero-order valence-electron chi connectivity index (χ0n) is 13.1. The number of aromatic hydroxyl groups is 1. The average molecular weight is 331 g/mol. The lowest BCUT2D eigenvalue weighted by atomic mass is 10.1. The number of phenolic OH excluding ortho intramolecular Hbond substituents is 1. The molecule has 0 radical (unpaired) electrons. The number of ether oxygens (including phenoxy) is 2. The number of sulfonamides is 1. The Balaban J connectivity index is 2.06. The van der Waals surface area contributed by atoms with E-state index in [4.69, 9.17) is 9.47 Å². The first-order valence-corrected chi connectivity index (χ1v) is 8.92. The Kier molecular flexibility index (Phi) is 5.15. The van der Waals surface area contributed by atoms with E-state index in [0.29, 0.717) is 24.6 Å². The van der Waals surface area contributed by atoms with Gasteiger partial charge in [0.25, 0.3) is 0 Å². The van der Waals surface area contributed by atoms with Crippen LogP contribution >= 0.6 is 0 Å². The van der Waals surface area contributed by atoms with Gasteiger partial charge in [-0.3, -0.25) is 0 Å². The highest BCUT2D eigenvalue weighted by atomic mass is 32.2. The molecule has 2 N–H and O–H groups in total. The predicted octanol–water partition coefficient (Wildman–Crippen LogP) is -0.930. The molecule has 124 valence electrons. The Morgan fingerprint density at radius 2 is 1.68 bits per heavy atom. The Bertz CT molecular complexity index is 599. The van der Waals surface area contributed by atoms with Crippen molar-refractivity contribution in [2.45, 2.75) is 6.54 Å². The lowest BCUT2D eigenvalue weighted by molar-refractivity contribution is -0.917. The normalized spacial score (nSPS) is 17.4. The lowest BCUT2D eigenvalue weighted by Crippen LogP contribution is -3.13. The Morgan fingerprint density at radius 1 is 1.18 bits per heavy atom. The predicted molar refractivity (Wildman–Crippen MR) is 82.0 cm³/mol. The summed E-state index contributed by atoms with van der Waals surface area (Å²) in [5, 5.41) is 9.91. The summed E-state index contributed by atoms with van der Waals surface area (Å²) in [5.74, 6) is 0.748. The molecule has 0 spiro atoms. The molecular weight excluding hydrogens is 308 g/mol. The molecule has 2 rings (SSSR count). The van der Waals surface area contributed by atoms with Gasteiger partial charge in [-0.1, -0.05) is 0 Å². The van der Waals surface area contributed by atoms with Gasteiger partial charge in [-0.25, -0.2) is 8.42 Å². The molecule has 0 aromatic heterocycles. The van der Waals surface area contributed by atoms with Gasteiger partial charge in [0, 0.05) is 5.56 Å². The van der Waals surface area contributed by atoms with E-state index in [0.717, 1.165) is 25.2 Å². The van der Waals surface area contributed by atoms with Gasteiger partial charge < -0.3 is 19.5 Å². The van der Waals surface area contributed by atoms with Gasteiger partial charge in [-0.15, -0.1) is 0 Å². The maximum absolute atomic E-state index is 11.5. The molecule has 1 aliphatic heterocycles.